The van der Waals surface area contributed by atoms with Gasteiger partial charge in [-0.05, 0) is 24.6 Å². The zero-order valence-electron chi connectivity index (χ0n) is 9.72. The van der Waals surface area contributed by atoms with Crippen molar-refractivity contribution in [1.82, 2.24) is 5.32 Å². The van der Waals surface area contributed by atoms with E-state index in [4.69, 9.17) is 23.2 Å². The lowest BCUT2D eigenvalue weighted by atomic mass is 10.1. The molecule has 1 aliphatic rings. The van der Waals surface area contributed by atoms with E-state index < -0.39 is 0 Å². The molecule has 96 valence electrons. The summed E-state index contributed by atoms with van der Waals surface area (Å²) in [7, 11) is 0. The number of anilines is 1. The quantitative estimate of drug-likeness (QED) is 0.877. The van der Waals surface area contributed by atoms with Gasteiger partial charge in [-0.25, -0.2) is 0 Å². The van der Waals surface area contributed by atoms with Gasteiger partial charge in [-0.3, -0.25) is 9.59 Å². The lowest BCUT2D eigenvalue weighted by Gasteiger charge is -2.12. The molecule has 0 spiro atoms. The average molecular weight is 287 g/mol. The number of amides is 2. The molecule has 6 heteroatoms. The molecule has 1 heterocycles. The van der Waals surface area contributed by atoms with Gasteiger partial charge in [0.25, 0.3) is 0 Å². The molecule has 0 aromatic heterocycles. The number of rotatable bonds is 2. The first kappa shape index (κ1) is 13.2. The van der Waals surface area contributed by atoms with Gasteiger partial charge in [0.15, 0.2) is 0 Å². The van der Waals surface area contributed by atoms with Crippen LogP contribution < -0.4 is 10.6 Å². The van der Waals surface area contributed by atoms with Gasteiger partial charge in [-0.2, -0.15) is 0 Å². The Bertz CT molecular complexity index is 517. The van der Waals surface area contributed by atoms with Crippen LogP contribution in [0, 0.1) is 12.8 Å². The number of halogens is 2. The molecule has 1 aromatic rings. The molecular weight excluding hydrogens is 275 g/mol. The molecule has 1 saturated heterocycles. The highest BCUT2D eigenvalue weighted by Crippen LogP contribution is 2.29. The van der Waals surface area contributed by atoms with E-state index in [1.165, 1.54) is 0 Å². The van der Waals surface area contributed by atoms with Gasteiger partial charge in [-0.15, -0.1) is 0 Å². The molecule has 1 aromatic carbocycles. The normalized spacial score (nSPS) is 18.6. The zero-order chi connectivity index (χ0) is 13.3. The Balaban J connectivity index is 2.12. The number of benzene rings is 1. The van der Waals surface area contributed by atoms with E-state index in [-0.39, 0.29) is 24.2 Å². The molecule has 1 atom stereocenters. The summed E-state index contributed by atoms with van der Waals surface area (Å²) in [5.41, 5.74) is 1.31. The van der Waals surface area contributed by atoms with E-state index in [2.05, 4.69) is 10.6 Å². The molecule has 1 unspecified atom stereocenters. The minimum absolute atomic E-state index is 0.108. The summed E-state index contributed by atoms with van der Waals surface area (Å²) in [4.78, 5) is 22.9. The largest absolute Gasteiger partial charge is 0.355 e. The van der Waals surface area contributed by atoms with Crippen LogP contribution in [-0.2, 0) is 9.59 Å². The first-order chi connectivity index (χ1) is 8.47. The fraction of sp³-hybridized carbons (Fsp3) is 0.333. The highest BCUT2D eigenvalue weighted by atomic mass is 35.5. The van der Waals surface area contributed by atoms with Crippen molar-refractivity contribution in [2.45, 2.75) is 13.3 Å². The molecule has 0 saturated carbocycles. The smallest absolute Gasteiger partial charge is 0.229 e. The van der Waals surface area contributed by atoms with Gasteiger partial charge in [0.05, 0.1) is 16.6 Å². The number of nitrogens with one attached hydrogen (secondary N) is 2. The van der Waals surface area contributed by atoms with Gasteiger partial charge in [-0.1, -0.05) is 23.2 Å². The van der Waals surface area contributed by atoms with Gasteiger partial charge in [0, 0.05) is 18.0 Å². The molecular formula is C12H12Cl2N2O2. The Hall–Kier alpha value is -1.26. The maximum Gasteiger partial charge on any atom is 0.229 e. The number of carbonyl (C=O) groups excluding carboxylic acids is 2. The monoisotopic (exact) mass is 286 g/mol. The first-order valence-corrected chi connectivity index (χ1v) is 6.26. The number of hydrogen-bond acceptors (Lipinski definition) is 2. The minimum atomic E-state index is -0.353. The van der Waals surface area contributed by atoms with Crippen LogP contribution in [0.2, 0.25) is 10.0 Å². The van der Waals surface area contributed by atoms with Crippen molar-refractivity contribution < 1.29 is 9.59 Å². The van der Waals surface area contributed by atoms with Crippen molar-refractivity contribution in [3.05, 3.63) is 27.7 Å². The Kier molecular flexibility index (Phi) is 3.78. The summed E-state index contributed by atoms with van der Waals surface area (Å²) in [5.74, 6) is -0.688. The second-order valence-corrected chi connectivity index (χ2v) is 5.09. The van der Waals surface area contributed by atoms with Crippen LogP contribution in [0.1, 0.15) is 12.0 Å². The van der Waals surface area contributed by atoms with E-state index >= 15 is 0 Å². The van der Waals surface area contributed by atoms with Crippen LogP contribution in [0.15, 0.2) is 12.1 Å². The summed E-state index contributed by atoms with van der Waals surface area (Å²) in [6.07, 6.45) is 0.211. The summed E-state index contributed by atoms with van der Waals surface area (Å²) >= 11 is 12.0. The lowest BCUT2D eigenvalue weighted by molar-refractivity contribution is -0.123. The van der Waals surface area contributed by atoms with Crippen LogP contribution in [0.5, 0.6) is 0 Å². The number of hydrogen-bond donors (Lipinski definition) is 2. The maximum absolute atomic E-state index is 11.9. The summed E-state index contributed by atoms with van der Waals surface area (Å²) in [6, 6.07) is 3.30. The van der Waals surface area contributed by atoms with E-state index in [1.807, 2.05) is 6.92 Å². The fourth-order valence-corrected chi connectivity index (χ4v) is 2.20. The summed E-state index contributed by atoms with van der Waals surface area (Å²) in [5, 5.41) is 6.28. The van der Waals surface area contributed by atoms with Gasteiger partial charge >= 0.3 is 0 Å². The predicted octanol–water partition coefficient (Wildman–Crippen LogP) is 2.38. The third-order valence-corrected chi connectivity index (χ3v) is 3.57. The zero-order valence-corrected chi connectivity index (χ0v) is 11.2. The molecule has 2 N–H and O–H groups in total. The molecule has 4 nitrogen and oxygen atoms in total. The van der Waals surface area contributed by atoms with E-state index in [0.717, 1.165) is 5.56 Å². The highest BCUT2D eigenvalue weighted by molar-refractivity contribution is 6.36. The average Bonchev–Trinajstić information content (AvgIpc) is 2.73. The Morgan fingerprint density at radius 2 is 2.11 bits per heavy atom. The van der Waals surface area contributed by atoms with Crippen LogP contribution in [0.4, 0.5) is 5.69 Å². The second kappa shape index (κ2) is 5.16. The molecule has 2 amide bonds. The summed E-state index contributed by atoms with van der Waals surface area (Å²) < 4.78 is 0. The molecule has 2 rings (SSSR count). The van der Waals surface area contributed by atoms with Crippen LogP contribution in [0.25, 0.3) is 0 Å². The van der Waals surface area contributed by atoms with Gasteiger partial charge < -0.3 is 10.6 Å². The van der Waals surface area contributed by atoms with E-state index in [0.29, 0.717) is 22.3 Å². The fourth-order valence-electron chi connectivity index (χ4n) is 1.77. The van der Waals surface area contributed by atoms with Crippen molar-refractivity contribution in [2.24, 2.45) is 5.92 Å². The van der Waals surface area contributed by atoms with E-state index in [1.54, 1.807) is 12.1 Å². The number of carbonyl (C=O) groups is 2. The Morgan fingerprint density at radius 1 is 1.39 bits per heavy atom. The standard InChI is InChI=1S/C12H12Cl2N2O2/c1-6-2-9(14)10(4-8(6)13)16-12(18)7-3-11(17)15-5-7/h2,4,7H,3,5H2,1H3,(H,15,17)(H,16,18). The van der Waals surface area contributed by atoms with E-state index in [9.17, 15) is 9.59 Å². The molecule has 18 heavy (non-hydrogen) atoms. The number of aryl methyl sites for hydroxylation is 1. The van der Waals surface area contributed by atoms with Crippen molar-refractivity contribution in [3.8, 4) is 0 Å². The molecule has 1 aliphatic heterocycles. The SMILES string of the molecule is Cc1cc(Cl)c(NC(=O)C2CNC(=O)C2)cc1Cl. The molecule has 0 bridgehead atoms. The minimum Gasteiger partial charge on any atom is -0.355 e. The maximum atomic E-state index is 11.9. The summed E-state index contributed by atoms with van der Waals surface area (Å²) in [6.45, 7) is 2.20. The molecule has 1 fully saturated rings. The van der Waals surface area contributed by atoms with Crippen molar-refractivity contribution in [1.29, 1.82) is 0 Å². The predicted molar refractivity (Wildman–Crippen MR) is 70.9 cm³/mol. The van der Waals surface area contributed by atoms with Crippen LogP contribution in [0.3, 0.4) is 0 Å². The third kappa shape index (κ3) is 2.76. The topological polar surface area (TPSA) is 58.2 Å². The Morgan fingerprint density at radius 3 is 2.72 bits per heavy atom. The van der Waals surface area contributed by atoms with Crippen molar-refractivity contribution in [2.75, 3.05) is 11.9 Å². The lowest BCUT2D eigenvalue weighted by Crippen LogP contribution is -2.24. The van der Waals surface area contributed by atoms with Crippen molar-refractivity contribution in [3.63, 3.8) is 0 Å². The van der Waals surface area contributed by atoms with Gasteiger partial charge in [0.1, 0.15) is 0 Å². The van der Waals surface area contributed by atoms with Gasteiger partial charge in [0.2, 0.25) is 11.8 Å². The second-order valence-electron chi connectivity index (χ2n) is 4.28. The highest BCUT2D eigenvalue weighted by Gasteiger charge is 2.28. The van der Waals surface area contributed by atoms with Crippen LogP contribution >= 0.6 is 23.2 Å². The molecule has 0 radical (unpaired) electrons. The Labute approximate surface area is 115 Å². The first-order valence-electron chi connectivity index (χ1n) is 5.50. The third-order valence-electron chi connectivity index (χ3n) is 2.85. The van der Waals surface area contributed by atoms with Crippen molar-refractivity contribution >= 4 is 40.7 Å². The van der Waals surface area contributed by atoms with Crippen LogP contribution in [-0.4, -0.2) is 18.4 Å². The molecule has 0 aliphatic carbocycles.